The van der Waals surface area contributed by atoms with Crippen LogP contribution in [0.1, 0.15) is 53.9 Å². The second kappa shape index (κ2) is 5.47. The summed E-state index contributed by atoms with van der Waals surface area (Å²) in [5.74, 6) is 3.13. The Kier molecular flexibility index (Phi) is 4.14. The number of hydrogen-bond acceptors (Lipinski definition) is 0. The van der Waals surface area contributed by atoms with Crippen LogP contribution in [0.3, 0.4) is 0 Å². The Hall–Kier alpha value is -0.780. The van der Waals surface area contributed by atoms with E-state index in [4.69, 9.17) is 0 Å². The number of rotatable bonds is 4. The molecular weight excluding hydrogens is 216 g/mol. The van der Waals surface area contributed by atoms with Crippen molar-refractivity contribution in [1.82, 2.24) is 0 Å². The summed E-state index contributed by atoms with van der Waals surface area (Å²) < 4.78 is 0. The Morgan fingerprint density at radius 3 is 2.39 bits per heavy atom. The van der Waals surface area contributed by atoms with E-state index in [1.54, 1.807) is 16.7 Å². The van der Waals surface area contributed by atoms with Gasteiger partial charge in [0, 0.05) is 5.92 Å². The molecular formula is C18H28. The van der Waals surface area contributed by atoms with Crippen molar-refractivity contribution in [2.24, 2.45) is 23.7 Å². The van der Waals surface area contributed by atoms with Crippen molar-refractivity contribution in [3.63, 3.8) is 0 Å². The Morgan fingerprint density at radius 2 is 1.89 bits per heavy atom. The lowest BCUT2D eigenvalue weighted by Gasteiger charge is -2.23. The minimum atomic E-state index is 0.690. The zero-order valence-electron chi connectivity index (χ0n) is 12.7. The molecule has 100 valence electrons. The van der Waals surface area contributed by atoms with Crippen LogP contribution in [-0.4, -0.2) is 0 Å². The molecule has 2 aliphatic rings. The second-order valence-electron chi connectivity index (χ2n) is 6.57. The molecule has 0 radical (unpaired) electrons. The van der Waals surface area contributed by atoms with Crippen LogP contribution in [0.5, 0.6) is 0 Å². The van der Waals surface area contributed by atoms with Crippen molar-refractivity contribution < 1.29 is 0 Å². The van der Waals surface area contributed by atoms with E-state index in [9.17, 15) is 0 Å². The zero-order valence-corrected chi connectivity index (χ0v) is 12.7. The third-order valence-corrected chi connectivity index (χ3v) is 4.68. The fraction of sp³-hybridized carbons (Fsp3) is 0.667. The van der Waals surface area contributed by atoms with Gasteiger partial charge in [-0.2, -0.15) is 0 Å². The molecule has 0 N–H and O–H groups in total. The Bertz CT molecular complexity index is 382. The van der Waals surface area contributed by atoms with Gasteiger partial charge >= 0.3 is 0 Å². The average Bonchev–Trinajstić information content (AvgIpc) is 2.89. The van der Waals surface area contributed by atoms with Gasteiger partial charge < -0.3 is 0 Å². The standard InChI is InChI=1S/C18H28/c1-6-15-7-8-16(9-12(2)3)17(10-15)11-18-13(4)14(18)5/h7-8,11-14,17H,6,9-10H2,1-5H3. The maximum Gasteiger partial charge on any atom is 0.00201 e. The normalized spacial score (nSPS) is 31.2. The fourth-order valence-electron chi connectivity index (χ4n) is 3.08. The fourth-order valence-corrected chi connectivity index (χ4v) is 3.08. The van der Waals surface area contributed by atoms with Gasteiger partial charge in [0.2, 0.25) is 0 Å². The van der Waals surface area contributed by atoms with Gasteiger partial charge in [-0.15, -0.1) is 0 Å². The van der Waals surface area contributed by atoms with E-state index in [1.165, 1.54) is 19.3 Å². The highest BCUT2D eigenvalue weighted by atomic mass is 14.4. The molecule has 0 amide bonds. The maximum atomic E-state index is 2.59. The molecule has 0 aromatic heterocycles. The van der Waals surface area contributed by atoms with Crippen molar-refractivity contribution in [2.75, 3.05) is 0 Å². The van der Waals surface area contributed by atoms with E-state index in [0.29, 0.717) is 5.92 Å². The third kappa shape index (κ3) is 2.96. The van der Waals surface area contributed by atoms with Crippen LogP contribution >= 0.6 is 0 Å². The summed E-state index contributed by atoms with van der Waals surface area (Å²) in [4.78, 5) is 0. The number of hydrogen-bond donors (Lipinski definition) is 0. The van der Waals surface area contributed by atoms with E-state index in [-0.39, 0.29) is 0 Å². The Labute approximate surface area is 113 Å². The molecule has 1 fully saturated rings. The van der Waals surface area contributed by atoms with Gasteiger partial charge in [0.05, 0.1) is 0 Å². The third-order valence-electron chi connectivity index (χ3n) is 4.68. The molecule has 3 unspecified atom stereocenters. The molecule has 0 bridgehead atoms. The smallest absolute Gasteiger partial charge is 0.00201 e. The first-order chi connectivity index (χ1) is 8.52. The molecule has 0 saturated heterocycles. The van der Waals surface area contributed by atoms with Gasteiger partial charge in [0.1, 0.15) is 0 Å². The van der Waals surface area contributed by atoms with Crippen LogP contribution in [0.15, 0.2) is 34.9 Å². The maximum absolute atomic E-state index is 2.59. The van der Waals surface area contributed by atoms with E-state index in [0.717, 1.165) is 17.8 Å². The summed E-state index contributed by atoms with van der Waals surface area (Å²) in [5.41, 5.74) is 4.97. The number of allylic oxidation sites excluding steroid dienone is 6. The summed E-state index contributed by atoms with van der Waals surface area (Å²) in [7, 11) is 0. The molecule has 1 saturated carbocycles. The summed E-state index contributed by atoms with van der Waals surface area (Å²) >= 11 is 0. The van der Waals surface area contributed by atoms with E-state index >= 15 is 0 Å². The predicted octanol–water partition coefficient (Wildman–Crippen LogP) is 5.53. The average molecular weight is 244 g/mol. The largest absolute Gasteiger partial charge is 0.0772 e. The van der Waals surface area contributed by atoms with Gasteiger partial charge in [0.15, 0.2) is 0 Å². The molecule has 0 aliphatic heterocycles. The van der Waals surface area contributed by atoms with Gasteiger partial charge in [-0.3, -0.25) is 0 Å². The van der Waals surface area contributed by atoms with E-state index in [2.05, 4.69) is 52.8 Å². The molecule has 2 rings (SSSR count). The van der Waals surface area contributed by atoms with Gasteiger partial charge in [-0.05, 0) is 37.0 Å². The lowest BCUT2D eigenvalue weighted by atomic mass is 9.82. The van der Waals surface area contributed by atoms with Crippen LogP contribution < -0.4 is 0 Å². The molecule has 0 aromatic rings. The lowest BCUT2D eigenvalue weighted by Crippen LogP contribution is -2.09. The van der Waals surface area contributed by atoms with Gasteiger partial charge in [-0.25, -0.2) is 0 Å². The topological polar surface area (TPSA) is 0 Å². The van der Waals surface area contributed by atoms with Crippen molar-refractivity contribution >= 4 is 0 Å². The molecule has 0 heterocycles. The highest BCUT2D eigenvalue weighted by Gasteiger charge is 2.36. The molecule has 0 spiro atoms. The van der Waals surface area contributed by atoms with E-state index in [1.807, 2.05) is 0 Å². The Morgan fingerprint density at radius 1 is 1.22 bits per heavy atom. The summed E-state index contributed by atoms with van der Waals surface area (Å²) in [5, 5.41) is 0. The second-order valence-corrected chi connectivity index (χ2v) is 6.57. The highest BCUT2D eigenvalue weighted by molar-refractivity contribution is 5.35. The Balaban J connectivity index is 2.14. The van der Waals surface area contributed by atoms with E-state index < -0.39 is 0 Å². The summed E-state index contributed by atoms with van der Waals surface area (Å²) in [6.07, 6.45) is 11.1. The first kappa shape index (κ1) is 13.6. The molecule has 2 aliphatic carbocycles. The van der Waals surface area contributed by atoms with Crippen molar-refractivity contribution in [2.45, 2.75) is 53.9 Å². The molecule has 3 atom stereocenters. The summed E-state index contributed by atoms with van der Waals surface area (Å²) in [6.45, 7) is 11.7. The highest BCUT2D eigenvalue weighted by Crippen LogP contribution is 2.47. The SMILES string of the molecule is CCC1=CC=C(CC(C)C)C(C=C2C(C)C2C)C1. The molecule has 0 heteroatoms. The van der Waals surface area contributed by atoms with Crippen molar-refractivity contribution in [1.29, 1.82) is 0 Å². The van der Waals surface area contributed by atoms with Crippen molar-refractivity contribution in [3.8, 4) is 0 Å². The van der Waals surface area contributed by atoms with Gasteiger partial charge in [0.25, 0.3) is 0 Å². The quantitative estimate of drug-likeness (QED) is 0.571. The molecule has 0 aromatic carbocycles. The van der Waals surface area contributed by atoms with Crippen LogP contribution in [0, 0.1) is 23.7 Å². The molecule has 18 heavy (non-hydrogen) atoms. The first-order valence-electron chi connectivity index (χ1n) is 7.63. The minimum Gasteiger partial charge on any atom is -0.0772 e. The van der Waals surface area contributed by atoms with Crippen molar-refractivity contribution in [3.05, 3.63) is 34.9 Å². The lowest BCUT2D eigenvalue weighted by molar-refractivity contribution is 0.577. The van der Waals surface area contributed by atoms with Crippen LogP contribution in [0.25, 0.3) is 0 Å². The monoisotopic (exact) mass is 244 g/mol. The van der Waals surface area contributed by atoms with Crippen LogP contribution in [0.2, 0.25) is 0 Å². The van der Waals surface area contributed by atoms with Gasteiger partial charge in [-0.1, -0.05) is 69.6 Å². The first-order valence-corrected chi connectivity index (χ1v) is 7.63. The molecule has 0 nitrogen and oxygen atoms in total. The predicted molar refractivity (Wildman–Crippen MR) is 80.4 cm³/mol. The summed E-state index contributed by atoms with van der Waals surface area (Å²) in [6, 6.07) is 0. The zero-order chi connectivity index (χ0) is 13.3. The minimum absolute atomic E-state index is 0.690. The van der Waals surface area contributed by atoms with Crippen LogP contribution in [0.4, 0.5) is 0 Å². The van der Waals surface area contributed by atoms with Crippen LogP contribution in [-0.2, 0) is 0 Å².